The Morgan fingerprint density at radius 2 is 2.14 bits per heavy atom. The van der Waals surface area contributed by atoms with Crippen LogP contribution in [0.1, 0.15) is 32.1 Å². The van der Waals surface area contributed by atoms with Gasteiger partial charge in [-0.1, -0.05) is 6.42 Å². The molecular weight excluding hydrogens is 273 g/mol. The average Bonchev–Trinajstić information content (AvgIpc) is 2.65. The average molecular weight is 293 g/mol. The maximum atomic E-state index is 13.0. The Labute approximate surface area is 123 Å². The standard InChI is InChI=1S/C15H20FN3O2/c16-12-6-5-11(10-13(12)17)18-14(20)7-9-19-8-3-1-2-4-15(19)21/h5-6,10H,1-4,7-9,17H2,(H,18,20). The molecule has 0 aliphatic carbocycles. The molecule has 1 fully saturated rings. The van der Waals surface area contributed by atoms with Crippen molar-refractivity contribution >= 4 is 23.2 Å². The van der Waals surface area contributed by atoms with Gasteiger partial charge in [0.15, 0.2) is 0 Å². The number of nitrogens with zero attached hydrogens (tertiary/aromatic N) is 1. The Morgan fingerprint density at radius 3 is 2.90 bits per heavy atom. The van der Waals surface area contributed by atoms with Gasteiger partial charge in [0.25, 0.3) is 0 Å². The van der Waals surface area contributed by atoms with E-state index in [-0.39, 0.29) is 23.9 Å². The molecule has 0 radical (unpaired) electrons. The van der Waals surface area contributed by atoms with Crippen molar-refractivity contribution in [2.75, 3.05) is 24.1 Å². The number of likely N-dealkylation sites (tertiary alicyclic amines) is 1. The third-order valence-corrected chi connectivity index (χ3v) is 3.56. The SMILES string of the molecule is Nc1cc(NC(=O)CCN2CCCCCC2=O)ccc1F. The molecule has 3 N–H and O–H groups in total. The highest BCUT2D eigenvalue weighted by Crippen LogP contribution is 2.17. The fourth-order valence-electron chi connectivity index (χ4n) is 2.36. The normalized spacial score (nSPS) is 15.7. The fraction of sp³-hybridized carbons (Fsp3) is 0.467. The maximum Gasteiger partial charge on any atom is 0.226 e. The van der Waals surface area contributed by atoms with Gasteiger partial charge in [0, 0.05) is 31.6 Å². The van der Waals surface area contributed by atoms with E-state index in [0.29, 0.717) is 18.7 Å². The number of nitrogen functional groups attached to an aromatic ring is 1. The molecule has 114 valence electrons. The molecule has 1 aliphatic heterocycles. The zero-order chi connectivity index (χ0) is 15.2. The lowest BCUT2D eigenvalue weighted by Crippen LogP contribution is -2.33. The number of halogens is 1. The van der Waals surface area contributed by atoms with E-state index < -0.39 is 5.82 Å². The first-order valence-corrected chi connectivity index (χ1v) is 7.19. The van der Waals surface area contributed by atoms with Crippen LogP contribution in [-0.4, -0.2) is 29.8 Å². The van der Waals surface area contributed by atoms with Gasteiger partial charge < -0.3 is 16.0 Å². The smallest absolute Gasteiger partial charge is 0.226 e. The fourth-order valence-corrected chi connectivity index (χ4v) is 2.36. The predicted octanol–water partition coefficient (Wildman–Crippen LogP) is 2.14. The number of carbonyl (C=O) groups is 2. The third kappa shape index (κ3) is 4.44. The summed E-state index contributed by atoms with van der Waals surface area (Å²) in [7, 11) is 0. The van der Waals surface area contributed by atoms with Crippen LogP contribution in [0, 0.1) is 5.82 Å². The summed E-state index contributed by atoms with van der Waals surface area (Å²) in [5.74, 6) is -0.604. The summed E-state index contributed by atoms with van der Waals surface area (Å²) < 4.78 is 13.0. The van der Waals surface area contributed by atoms with Gasteiger partial charge in [-0.3, -0.25) is 9.59 Å². The molecule has 21 heavy (non-hydrogen) atoms. The topological polar surface area (TPSA) is 75.4 Å². The third-order valence-electron chi connectivity index (χ3n) is 3.56. The van der Waals surface area contributed by atoms with Crippen LogP contribution in [-0.2, 0) is 9.59 Å². The molecule has 2 amide bonds. The van der Waals surface area contributed by atoms with E-state index in [4.69, 9.17) is 5.73 Å². The lowest BCUT2D eigenvalue weighted by atomic mass is 10.2. The molecule has 1 aliphatic rings. The van der Waals surface area contributed by atoms with Gasteiger partial charge in [-0.15, -0.1) is 0 Å². The van der Waals surface area contributed by atoms with E-state index in [0.717, 1.165) is 25.8 Å². The van der Waals surface area contributed by atoms with Gasteiger partial charge in [0.1, 0.15) is 5.82 Å². The molecule has 1 aromatic carbocycles. The van der Waals surface area contributed by atoms with Crippen LogP contribution in [0.15, 0.2) is 18.2 Å². The summed E-state index contributed by atoms with van der Waals surface area (Å²) in [4.78, 5) is 25.4. The molecule has 0 aromatic heterocycles. The van der Waals surface area contributed by atoms with Crippen LogP contribution in [0.5, 0.6) is 0 Å². The minimum Gasteiger partial charge on any atom is -0.396 e. The molecule has 0 spiro atoms. The zero-order valence-electron chi connectivity index (χ0n) is 11.9. The monoisotopic (exact) mass is 293 g/mol. The number of carbonyl (C=O) groups excluding carboxylic acids is 2. The van der Waals surface area contributed by atoms with Crippen molar-refractivity contribution in [3.05, 3.63) is 24.0 Å². The summed E-state index contributed by atoms with van der Waals surface area (Å²) in [5, 5.41) is 2.66. The molecule has 0 unspecified atom stereocenters. The lowest BCUT2D eigenvalue weighted by Gasteiger charge is -2.20. The molecule has 0 saturated carbocycles. The Hall–Kier alpha value is -2.11. The zero-order valence-corrected chi connectivity index (χ0v) is 11.9. The quantitative estimate of drug-likeness (QED) is 0.835. The molecular formula is C15H20FN3O2. The maximum absolute atomic E-state index is 13.0. The van der Waals surface area contributed by atoms with Crippen LogP contribution >= 0.6 is 0 Å². The minimum atomic E-state index is -0.511. The van der Waals surface area contributed by atoms with Gasteiger partial charge in [0.2, 0.25) is 11.8 Å². The summed E-state index contributed by atoms with van der Waals surface area (Å²) >= 11 is 0. The molecule has 0 bridgehead atoms. The number of hydrogen-bond donors (Lipinski definition) is 2. The molecule has 0 atom stereocenters. The molecule has 1 saturated heterocycles. The van der Waals surface area contributed by atoms with Crippen molar-refractivity contribution in [1.82, 2.24) is 4.90 Å². The summed E-state index contributed by atoms with van der Waals surface area (Å²) in [6, 6.07) is 4.05. The Bertz CT molecular complexity index is 534. The first-order valence-electron chi connectivity index (χ1n) is 7.19. The highest BCUT2D eigenvalue weighted by Gasteiger charge is 2.17. The Morgan fingerprint density at radius 1 is 1.33 bits per heavy atom. The molecule has 2 rings (SSSR count). The number of rotatable bonds is 4. The Kier molecular flexibility index (Phi) is 5.14. The number of hydrogen-bond acceptors (Lipinski definition) is 3. The van der Waals surface area contributed by atoms with Gasteiger partial charge in [-0.2, -0.15) is 0 Å². The highest BCUT2D eigenvalue weighted by molar-refractivity contribution is 5.91. The summed E-state index contributed by atoms with van der Waals surface area (Å²) in [6.07, 6.45) is 3.76. The predicted molar refractivity (Wildman–Crippen MR) is 79.1 cm³/mol. The summed E-state index contributed by atoms with van der Waals surface area (Å²) in [6.45, 7) is 1.14. The minimum absolute atomic E-state index is 0.00417. The van der Waals surface area contributed by atoms with Crippen LogP contribution in [0.25, 0.3) is 0 Å². The van der Waals surface area contributed by atoms with Crippen molar-refractivity contribution in [3.8, 4) is 0 Å². The number of nitrogens with one attached hydrogen (secondary N) is 1. The van der Waals surface area contributed by atoms with Crippen LogP contribution in [0.4, 0.5) is 15.8 Å². The second-order valence-corrected chi connectivity index (χ2v) is 5.23. The highest BCUT2D eigenvalue weighted by atomic mass is 19.1. The second-order valence-electron chi connectivity index (χ2n) is 5.23. The second kappa shape index (κ2) is 7.06. The van der Waals surface area contributed by atoms with Crippen molar-refractivity contribution < 1.29 is 14.0 Å². The molecule has 1 aromatic rings. The van der Waals surface area contributed by atoms with E-state index >= 15 is 0 Å². The lowest BCUT2D eigenvalue weighted by molar-refractivity contribution is -0.131. The van der Waals surface area contributed by atoms with E-state index in [2.05, 4.69) is 5.32 Å². The molecule has 1 heterocycles. The van der Waals surface area contributed by atoms with Crippen LogP contribution in [0.3, 0.4) is 0 Å². The summed E-state index contributed by atoms with van der Waals surface area (Å²) in [5.41, 5.74) is 5.90. The van der Waals surface area contributed by atoms with Crippen molar-refractivity contribution in [2.24, 2.45) is 0 Å². The largest absolute Gasteiger partial charge is 0.396 e. The van der Waals surface area contributed by atoms with E-state index in [1.54, 1.807) is 4.90 Å². The van der Waals surface area contributed by atoms with Crippen molar-refractivity contribution in [2.45, 2.75) is 32.1 Å². The van der Waals surface area contributed by atoms with Crippen LogP contribution < -0.4 is 11.1 Å². The van der Waals surface area contributed by atoms with Gasteiger partial charge in [-0.05, 0) is 31.0 Å². The van der Waals surface area contributed by atoms with E-state index in [1.807, 2.05) is 0 Å². The number of nitrogens with two attached hydrogens (primary N) is 1. The van der Waals surface area contributed by atoms with E-state index in [9.17, 15) is 14.0 Å². The molecule has 5 nitrogen and oxygen atoms in total. The first-order chi connectivity index (χ1) is 10.1. The van der Waals surface area contributed by atoms with Crippen LogP contribution in [0.2, 0.25) is 0 Å². The van der Waals surface area contributed by atoms with Gasteiger partial charge in [-0.25, -0.2) is 4.39 Å². The first kappa shape index (κ1) is 15.3. The van der Waals surface area contributed by atoms with Crippen molar-refractivity contribution in [1.29, 1.82) is 0 Å². The number of anilines is 2. The Balaban J connectivity index is 1.83. The van der Waals surface area contributed by atoms with Crippen molar-refractivity contribution in [3.63, 3.8) is 0 Å². The number of amides is 2. The van der Waals surface area contributed by atoms with Gasteiger partial charge >= 0.3 is 0 Å². The van der Waals surface area contributed by atoms with E-state index in [1.165, 1.54) is 18.2 Å². The number of benzene rings is 1. The molecule has 6 heteroatoms. The van der Waals surface area contributed by atoms with Gasteiger partial charge in [0.05, 0.1) is 5.69 Å².